The number of carbonyl (C=O) groups is 1. The van der Waals surface area contributed by atoms with Gasteiger partial charge in [-0.25, -0.2) is 22.3 Å². The third-order valence-electron chi connectivity index (χ3n) is 6.64. The van der Waals surface area contributed by atoms with Gasteiger partial charge in [0.05, 0.1) is 23.2 Å². The van der Waals surface area contributed by atoms with Gasteiger partial charge in [-0.2, -0.15) is 5.10 Å². The smallest absolute Gasteiger partial charge is 0.289 e. The van der Waals surface area contributed by atoms with E-state index in [-0.39, 0.29) is 40.5 Å². The maximum Gasteiger partial charge on any atom is 0.289 e. The molecule has 0 radical (unpaired) electrons. The Morgan fingerprint density at radius 2 is 1.63 bits per heavy atom. The zero-order valence-corrected chi connectivity index (χ0v) is 24.2. The van der Waals surface area contributed by atoms with E-state index in [9.17, 15) is 21.6 Å². The molecule has 5 rings (SSSR count). The summed E-state index contributed by atoms with van der Waals surface area (Å²) in [5, 5.41) is 4.97. The molecule has 0 spiro atoms. The summed E-state index contributed by atoms with van der Waals surface area (Å²) in [6.07, 6.45) is 8.42. The van der Waals surface area contributed by atoms with Crippen LogP contribution in [0.3, 0.4) is 0 Å². The van der Waals surface area contributed by atoms with E-state index >= 15 is 0 Å². The number of H-pyrrole nitrogens is 1. The first kappa shape index (κ1) is 28.2. The van der Waals surface area contributed by atoms with E-state index in [0.717, 1.165) is 16.5 Å². The molecular weight excluding hydrogens is 562 g/mol. The molecule has 12 heteroatoms. The van der Waals surface area contributed by atoms with Crippen LogP contribution in [-0.2, 0) is 19.7 Å². The Kier molecular flexibility index (Phi) is 7.78. The third-order valence-corrected chi connectivity index (χ3v) is 10.7. The van der Waals surface area contributed by atoms with Crippen molar-refractivity contribution in [1.82, 2.24) is 19.8 Å². The molecule has 5 aromatic rings. The van der Waals surface area contributed by atoms with Crippen molar-refractivity contribution in [3.63, 3.8) is 0 Å². The van der Waals surface area contributed by atoms with E-state index in [1.54, 1.807) is 56.7 Å². The number of nitrogens with one attached hydrogen (secondary N) is 2. The average molecular weight is 592 g/mol. The van der Waals surface area contributed by atoms with Gasteiger partial charge in [0.25, 0.3) is 5.91 Å². The first-order valence-electron chi connectivity index (χ1n) is 13.1. The van der Waals surface area contributed by atoms with Crippen molar-refractivity contribution in [1.29, 1.82) is 0 Å². The van der Waals surface area contributed by atoms with Crippen molar-refractivity contribution in [3.05, 3.63) is 84.6 Å². The maximum absolute atomic E-state index is 13.7. The molecule has 0 saturated carbocycles. The van der Waals surface area contributed by atoms with Crippen LogP contribution in [0.25, 0.3) is 27.5 Å². The van der Waals surface area contributed by atoms with Gasteiger partial charge in [0.15, 0.2) is 19.7 Å². The number of nitrogens with zero attached hydrogens (tertiary/aromatic N) is 3. The predicted octanol–water partition coefficient (Wildman–Crippen LogP) is 4.61. The zero-order chi connectivity index (χ0) is 29.2. The van der Waals surface area contributed by atoms with Crippen LogP contribution in [-0.4, -0.2) is 54.8 Å². The van der Waals surface area contributed by atoms with Crippen LogP contribution in [0.5, 0.6) is 0 Å². The molecule has 4 heterocycles. The Bertz CT molecular complexity index is 1990. The summed E-state index contributed by atoms with van der Waals surface area (Å²) < 4.78 is 55.9. The number of benzene rings is 1. The standard InChI is InChI=1S/C29H29N5O5S2/c1-3-15-40(36,37)27-25-17-21(20-9-12-30-13-10-20)11-14-34(25)26(28(27)41(38,39)16-4-2)29(35)33-32-19-22-18-31-24-8-6-5-7-23(22)24/h5-14,17-19,31H,3-4,15-16H2,1-2H3,(H,33,35)/b32-19-. The Balaban J connectivity index is 1.71. The second-order valence-corrected chi connectivity index (χ2v) is 13.6. The Labute approximate surface area is 238 Å². The molecule has 0 fully saturated rings. The second kappa shape index (κ2) is 11.3. The minimum absolute atomic E-state index is 0.105. The number of hydrogen-bond donors (Lipinski definition) is 2. The summed E-state index contributed by atoms with van der Waals surface area (Å²) in [5.41, 5.74) is 5.23. The van der Waals surface area contributed by atoms with Crippen LogP contribution in [0.4, 0.5) is 0 Å². The average Bonchev–Trinajstić information content (AvgIpc) is 3.53. The number of rotatable bonds is 10. The first-order valence-corrected chi connectivity index (χ1v) is 16.4. The molecule has 1 aromatic carbocycles. The third kappa shape index (κ3) is 5.40. The molecule has 4 aromatic heterocycles. The lowest BCUT2D eigenvalue weighted by Gasteiger charge is -2.08. The van der Waals surface area contributed by atoms with Gasteiger partial charge in [-0.05, 0) is 54.3 Å². The lowest BCUT2D eigenvalue weighted by atomic mass is 10.1. The summed E-state index contributed by atoms with van der Waals surface area (Å²) >= 11 is 0. The van der Waals surface area contributed by atoms with Crippen molar-refractivity contribution < 1.29 is 21.6 Å². The molecule has 0 aliphatic rings. The van der Waals surface area contributed by atoms with Crippen LogP contribution >= 0.6 is 0 Å². The highest BCUT2D eigenvalue weighted by atomic mass is 32.2. The molecule has 0 saturated heterocycles. The Morgan fingerprint density at radius 3 is 2.34 bits per heavy atom. The van der Waals surface area contributed by atoms with E-state index in [4.69, 9.17) is 0 Å². The van der Waals surface area contributed by atoms with Gasteiger partial charge < -0.3 is 9.38 Å². The summed E-state index contributed by atoms with van der Waals surface area (Å²) in [4.78, 5) is 19.9. The van der Waals surface area contributed by atoms with Gasteiger partial charge in [0.1, 0.15) is 15.5 Å². The van der Waals surface area contributed by atoms with E-state index < -0.39 is 30.5 Å². The van der Waals surface area contributed by atoms with Crippen LogP contribution in [0.15, 0.2) is 88.2 Å². The molecule has 0 bridgehead atoms. The number of pyridine rings is 2. The quantitative estimate of drug-likeness (QED) is 0.179. The number of hydrogen-bond acceptors (Lipinski definition) is 7. The second-order valence-electron chi connectivity index (χ2n) is 9.54. The van der Waals surface area contributed by atoms with Gasteiger partial charge in [-0.3, -0.25) is 9.78 Å². The van der Waals surface area contributed by atoms with Crippen molar-refractivity contribution in [2.45, 2.75) is 36.5 Å². The monoisotopic (exact) mass is 591 g/mol. The number of carbonyl (C=O) groups excluding carboxylic acids is 1. The van der Waals surface area contributed by atoms with E-state index in [0.29, 0.717) is 11.1 Å². The van der Waals surface area contributed by atoms with Gasteiger partial charge in [-0.1, -0.05) is 32.0 Å². The fourth-order valence-electron chi connectivity index (χ4n) is 4.88. The predicted molar refractivity (Wildman–Crippen MR) is 159 cm³/mol. The number of sulfone groups is 2. The topological polar surface area (TPSA) is 143 Å². The molecule has 41 heavy (non-hydrogen) atoms. The maximum atomic E-state index is 13.7. The minimum atomic E-state index is -4.18. The van der Waals surface area contributed by atoms with Crippen molar-refractivity contribution in [2.75, 3.05) is 11.5 Å². The van der Waals surface area contributed by atoms with E-state index in [2.05, 4.69) is 20.5 Å². The fourth-order valence-corrected chi connectivity index (χ4v) is 8.86. The van der Waals surface area contributed by atoms with E-state index in [1.807, 2.05) is 24.3 Å². The van der Waals surface area contributed by atoms with Crippen molar-refractivity contribution >= 4 is 48.2 Å². The number of para-hydroxylation sites is 1. The first-order chi connectivity index (χ1) is 19.7. The highest BCUT2D eigenvalue weighted by molar-refractivity contribution is 7.94. The molecule has 212 valence electrons. The normalized spacial score (nSPS) is 12.4. The number of aromatic nitrogens is 3. The van der Waals surface area contributed by atoms with Gasteiger partial charge >= 0.3 is 0 Å². The lowest BCUT2D eigenvalue weighted by Crippen LogP contribution is -2.23. The van der Waals surface area contributed by atoms with Gasteiger partial charge in [-0.15, -0.1) is 0 Å². The SMILES string of the molecule is CCCS(=O)(=O)c1c(S(=O)(=O)CCC)c2cc(-c3ccncc3)ccn2c1C(=O)N/N=C\c1c[nH]c2ccccc12. The highest BCUT2D eigenvalue weighted by Crippen LogP contribution is 2.36. The van der Waals surface area contributed by atoms with Crippen LogP contribution in [0.1, 0.15) is 42.7 Å². The number of amides is 1. The largest absolute Gasteiger partial charge is 0.361 e. The summed E-state index contributed by atoms with van der Waals surface area (Å²) in [5.74, 6) is -1.45. The fraction of sp³-hybridized carbons (Fsp3) is 0.207. The van der Waals surface area contributed by atoms with E-state index in [1.165, 1.54) is 16.8 Å². The summed E-state index contributed by atoms with van der Waals surface area (Å²) in [6, 6.07) is 14.4. The molecule has 0 aliphatic carbocycles. The minimum Gasteiger partial charge on any atom is -0.361 e. The Hall–Kier alpha value is -4.29. The zero-order valence-electron chi connectivity index (χ0n) is 22.5. The molecular formula is C29H29N5O5S2. The Morgan fingerprint density at radius 1 is 0.951 bits per heavy atom. The molecule has 10 nitrogen and oxygen atoms in total. The molecule has 0 unspecified atom stereocenters. The van der Waals surface area contributed by atoms with Crippen LogP contribution < -0.4 is 5.43 Å². The molecule has 0 atom stereocenters. The molecule has 0 aliphatic heterocycles. The molecule has 2 N–H and O–H groups in total. The highest BCUT2D eigenvalue weighted by Gasteiger charge is 2.37. The van der Waals surface area contributed by atoms with Gasteiger partial charge in [0, 0.05) is 41.3 Å². The van der Waals surface area contributed by atoms with Crippen LogP contribution in [0.2, 0.25) is 0 Å². The summed E-state index contributed by atoms with van der Waals surface area (Å²) in [7, 11) is -8.28. The van der Waals surface area contributed by atoms with Crippen molar-refractivity contribution in [2.24, 2.45) is 5.10 Å². The van der Waals surface area contributed by atoms with Crippen molar-refractivity contribution in [3.8, 4) is 11.1 Å². The molecule has 1 amide bonds. The van der Waals surface area contributed by atoms with Crippen LogP contribution in [0, 0.1) is 0 Å². The number of fused-ring (bicyclic) bond motifs is 2. The number of aromatic amines is 1. The number of hydrazone groups is 1. The van der Waals surface area contributed by atoms with Gasteiger partial charge in [0.2, 0.25) is 0 Å². The summed E-state index contributed by atoms with van der Waals surface area (Å²) in [6.45, 7) is 3.38. The lowest BCUT2D eigenvalue weighted by molar-refractivity contribution is 0.0945.